The Morgan fingerprint density at radius 3 is 2.35 bits per heavy atom. The van der Waals surface area contributed by atoms with Crippen molar-refractivity contribution in [2.45, 2.75) is 20.0 Å². The molecular weight excluding hydrogens is 504 g/mol. The van der Waals surface area contributed by atoms with E-state index in [1.807, 2.05) is 85.8 Å². The Balaban J connectivity index is 1.48. The summed E-state index contributed by atoms with van der Waals surface area (Å²) < 4.78 is 7.56. The number of carboxylic acid groups (broad SMARTS) is 1. The van der Waals surface area contributed by atoms with Gasteiger partial charge in [-0.15, -0.1) is 5.11 Å². The minimum absolute atomic E-state index is 0.179. The lowest BCUT2D eigenvalue weighted by Crippen LogP contribution is -2.08. The number of para-hydroxylation sites is 1. The van der Waals surface area contributed by atoms with Crippen molar-refractivity contribution in [3.8, 4) is 17.1 Å². The first kappa shape index (κ1) is 26.3. The van der Waals surface area contributed by atoms with Crippen LogP contribution in [0.25, 0.3) is 22.2 Å². The molecule has 3 N–H and O–H groups in total. The third-order valence-electron chi connectivity index (χ3n) is 6.42. The molecule has 9 heteroatoms. The fourth-order valence-electron chi connectivity index (χ4n) is 4.60. The van der Waals surface area contributed by atoms with Crippen LogP contribution in [-0.4, -0.2) is 33.1 Å². The zero-order chi connectivity index (χ0) is 27.9. The number of aliphatic imine (C=N–C) groups is 1. The molecule has 0 fully saturated rings. The largest absolute Gasteiger partial charge is 0.478 e. The van der Waals surface area contributed by atoms with E-state index in [0.717, 1.165) is 27.8 Å². The Kier molecular flexibility index (Phi) is 7.92. The average Bonchev–Trinajstić information content (AvgIpc) is 3.33. The number of nitrogens with two attached hydrogens (primary N) is 1. The van der Waals surface area contributed by atoms with Crippen LogP contribution in [0.5, 0.6) is 6.01 Å². The number of carbonyl (C=O) groups is 1. The van der Waals surface area contributed by atoms with Gasteiger partial charge in [-0.25, -0.2) is 4.79 Å². The minimum atomic E-state index is -1.01. The molecule has 200 valence electrons. The molecule has 9 nitrogen and oxygen atoms in total. The van der Waals surface area contributed by atoms with Crippen LogP contribution >= 0.6 is 0 Å². The Hall–Kier alpha value is -5.31. The van der Waals surface area contributed by atoms with Crippen LogP contribution in [0.2, 0.25) is 0 Å². The molecular formula is C31H28N6O3. The van der Waals surface area contributed by atoms with Crippen LogP contribution in [0.15, 0.2) is 112 Å². The van der Waals surface area contributed by atoms with Crippen molar-refractivity contribution in [1.82, 2.24) is 9.55 Å². The van der Waals surface area contributed by atoms with Crippen molar-refractivity contribution in [2.24, 2.45) is 21.2 Å². The maximum atomic E-state index is 11.9. The van der Waals surface area contributed by atoms with Crippen LogP contribution in [0.4, 0.5) is 0 Å². The van der Waals surface area contributed by atoms with Gasteiger partial charge in [0.15, 0.2) is 5.84 Å². The van der Waals surface area contributed by atoms with Crippen molar-refractivity contribution in [3.63, 3.8) is 0 Å². The van der Waals surface area contributed by atoms with Crippen LogP contribution in [0, 0.1) is 0 Å². The third-order valence-corrected chi connectivity index (χ3v) is 6.42. The molecule has 40 heavy (non-hydrogen) atoms. The summed E-state index contributed by atoms with van der Waals surface area (Å²) in [6.07, 6.45) is 0. The molecule has 0 saturated carbocycles. The second-order valence-electron chi connectivity index (χ2n) is 8.98. The summed E-state index contributed by atoms with van der Waals surface area (Å²) in [5.74, 6) is 4.86. The average molecular weight is 533 g/mol. The summed E-state index contributed by atoms with van der Waals surface area (Å²) in [7, 11) is 0. The molecule has 0 aliphatic heterocycles. The van der Waals surface area contributed by atoms with Crippen molar-refractivity contribution in [1.29, 1.82) is 0 Å². The van der Waals surface area contributed by atoms with Crippen LogP contribution in [0.1, 0.15) is 34.0 Å². The normalized spacial score (nSPS) is 11.8. The van der Waals surface area contributed by atoms with E-state index in [-0.39, 0.29) is 5.56 Å². The molecule has 0 unspecified atom stereocenters. The number of rotatable bonds is 9. The SMILES string of the molecule is CCOc1nc2cccc(C(=O)O)c2n1Cc1ccc(-c2ccccc2C(N=NN)=NCc2ccccc2)cc1. The molecule has 1 heterocycles. The van der Waals surface area contributed by atoms with Gasteiger partial charge in [0.25, 0.3) is 6.01 Å². The molecule has 0 saturated heterocycles. The molecule has 0 spiro atoms. The van der Waals surface area contributed by atoms with E-state index in [1.165, 1.54) is 0 Å². The smallest absolute Gasteiger partial charge is 0.337 e. The molecule has 0 bridgehead atoms. The lowest BCUT2D eigenvalue weighted by molar-refractivity contribution is 0.0698. The second-order valence-corrected chi connectivity index (χ2v) is 8.98. The van der Waals surface area contributed by atoms with Crippen molar-refractivity contribution < 1.29 is 14.6 Å². The van der Waals surface area contributed by atoms with E-state index < -0.39 is 5.97 Å². The highest BCUT2D eigenvalue weighted by Crippen LogP contribution is 2.29. The van der Waals surface area contributed by atoms with Gasteiger partial charge in [-0.3, -0.25) is 9.56 Å². The van der Waals surface area contributed by atoms with E-state index in [1.54, 1.807) is 22.8 Å². The summed E-state index contributed by atoms with van der Waals surface area (Å²) >= 11 is 0. The number of aromatic nitrogens is 2. The van der Waals surface area contributed by atoms with E-state index >= 15 is 0 Å². The Morgan fingerprint density at radius 1 is 0.900 bits per heavy atom. The van der Waals surface area contributed by atoms with Gasteiger partial charge in [0, 0.05) is 5.56 Å². The molecule has 4 aromatic carbocycles. The lowest BCUT2D eigenvalue weighted by Gasteiger charge is -2.12. The molecule has 0 atom stereocenters. The highest BCUT2D eigenvalue weighted by Gasteiger charge is 2.19. The number of ether oxygens (including phenoxy) is 1. The quantitative estimate of drug-likeness (QED) is 0.0777. The van der Waals surface area contributed by atoms with E-state index in [0.29, 0.717) is 42.6 Å². The summed E-state index contributed by atoms with van der Waals surface area (Å²) in [6.45, 7) is 3.12. The van der Waals surface area contributed by atoms with Crippen molar-refractivity contribution in [3.05, 3.63) is 119 Å². The number of aromatic carboxylic acids is 1. The monoisotopic (exact) mass is 532 g/mol. The minimum Gasteiger partial charge on any atom is -0.478 e. The third kappa shape index (κ3) is 5.58. The Bertz CT molecular complexity index is 1690. The summed E-state index contributed by atoms with van der Waals surface area (Å²) in [4.78, 5) is 21.2. The fraction of sp³-hybridized carbons (Fsp3) is 0.129. The molecule has 0 aliphatic carbocycles. The predicted octanol–water partition coefficient (Wildman–Crippen LogP) is 6.12. The van der Waals surface area contributed by atoms with Gasteiger partial charge < -0.3 is 15.7 Å². The van der Waals surface area contributed by atoms with Gasteiger partial charge in [0.2, 0.25) is 0 Å². The first-order valence-corrected chi connectivity index (χ1v) is 12.8. The van der Waals surface area contributed by atoms with Gasteiger partial charge in [0.05, 0.1) is 36.3 Å². The first-order valence-electron chi connectivity index (χ1n) is 12.8. The predicted molar refractivity (Wildman–Crippen MR) is 155 cm³/mol. The number of benzene rings is 4. The number of amidine groups is 1. The van der Waals surface area contributed by atoms with Crippen LogP contribution in [-0.2, 0) is 13.1 Å². The number of nitrogens with zero attached hydrogens (tertiary/aromatic N) is 5. The highest BCUT2D eigenvalue weighted by atomic mass is 16.5. The second kappa shape index (κ2) is 12.0. The fourth-order valence-corrected chi connectivity index (χ4v) is 4.60. The van der Waals surface area contributed by atoms with Crippen LogP contribution in [0.3, 0.4) is 0 Å². The highest BCUT2D eigenvalue weighted by molar-refractivity contribution is 6.05. The zero-order valence-corrected chi connectivity index (χ0v) is 21.9. The maximum Gasteiger partial charge on any atom is 0.337 e. The number of hydrogen-bond acceptors (Lipinski definition) is 5. The van der Waals surface area contributed by atoms with Gasteiger partial charge >= 0.3 is 5.97 Å². The van der Waals surface area contributed by atoms with E-state index in [2.05, 4.69) is 15.3 Å². The van der Waals surface area contributed by atoms with Gasteiger partial charge in [-0.1, -0.05) is 90.2 Å². The van der Waals surface area contributed by atoms with E-state index in [4.69, 9.17) is 15.6 Å². The van der Waals surface area contributed by atoms with Crippen LogP contribution < -0.4 is 10.6 Å². The van der Waals surface area contributed by atoms with Gasteiger partial charge in [0.1, 0.15) is 0 Å². The number of imidazole rings is 1. The number of hydrogen-bond donors (Lipinski definition) is 2. The molecule has 5 aromatic rings. The Morgan fingerprint density at radius 2 is 1.62 bits per heavy atom. The zero-order valence-electron chi connectivity index (χ0n) is 21.9. The van der Waals surface area contributed by atoms with Crippen molar-refractivity contribution in [2.75, 3.05) is 6.61 Å². The summed E-state index contributed by atoms with van der Waals surface area (Å²) in [6, 6.07) is 31.2. The topological polar surface area (TPSA) is 127 Å². The van der Waals surface area contributed by atoms with E-state index in [9.17, 15) is 9.90 Å². The standard InChI is InChI=1S/C31H28N6O3/c1-2-40-31-34-27-14-8-13-26(30(38)39)28(27)37(31)20-22-15-17-23(18-16-22)24-11-6-7-12-25(24)29(35-36-32)33-19-21-9-4-3-5-10-21/h3-18H,2,19-20H2,1H3,(H,38,39)(H2,32,33,35). The van der Waals surface area contributed by atoms with Gasteiger partial charge in [-0.2, -0.15) is 4.98 Å². The Labute approximate surface area is 231 Å². The number of carboxylic acids is 1. The molecule has 0 aliphatic rings. The molecule has 0 radical (unpaired) electrons. The summed E-state index contributed by atoms with van der Waals surface area (Å²) in [5, 5.41) is 17.4. The molecule has 0 amide bonds. The molecule has 1 aromatic heterocycles. The molecule has 5 rings (SSSR count). The van der Waals surface area contributed by atoms with Crippen molar-refractivity contribution >= 4 is 22.8 Å². The lowest BCUT2D eigenvalue weighted by atomic mass is 9.98. The summed E-state index contributed by atoms with van der Waals surface area (Å²) in [5.41, 5.74) is 6.00. The first-order chi connectivity index (χ1) is 19.6. The van der Waals surface area contributed by atoms with Gasteiger partial charge in [-0.05, 0) is 41.3 Å². The maximum absolute atomic E-state index is 11.9. The number of fused-ring (bicyclic) bond motifs is 1.